The third kappa shape index (κ3) is 2.19. The van der Waals surface area contributed by atoms with Crippen LogP contribution in [-0.4, -0.2) is 15.8 Å². The monoisotopic (exact) mass is 351 g/mol. The second kappa shape index (κ2) is 5.10. The van der Waals surface area contributed by atoms with E-state index in [4.69, 9.17) is 5.73 Å². The van der Waals surface area contributed by atoms with Crippen LogP contribution in [0.25, 0.3) is 16.7 Å². The van der Waals surface area contributed by atoms with Gasteiger partial charge < -0.3 is 5.73 Å². The lowest BCUT2D eigenvalue weighted by molar-refractivity contribution is 0.623. The van der Waals surface area contributed by atoms with E-state index in [1.807, 2.05) is 35.1 Å². The summed E-state index contributed by atoms with van der Waals surface area (Å²) in [4.78, 5) is 5.38. The summed E-state index contributed by atoms with van der Waals surface area (Å²) in [5.74, 6) is -0.00529. The molecule has 0 aliphatic heterocycles. The quantitative estimate of drug-likeness (QED) is 0.702. The normalized spacial score (nSPS) is 11.2. The van der Waals surface area contributed by atoms with Crippen LogP contribution in [0.2, 0.25) is 0 Å². The second-order valence-corrected chi connectivity index (χ2v) is 5.99. The molecule has 0 aliphatic carbocycles. The average molecular weight is 352 g/mol. The number of hydrogen-bond donors (Lipinski definition) is 1. The number of imidazole rings is 1. The molecule has 0 radical (unpaired) electrons. The Morgan fingerprint density at radius 3 is 2.60 bits per heavy atom. The van der Waals surface area contributed by atoms with Crippen molar-refractivity contribution in [2.24, 2.45) is 0 Å². The van der Waals surface area contributed by atoms with Gasteiger partial charge in [-0.05, 0) is 52.5 Å². The lowest BCUT2D eigenvalue weighted by Crippen LogP contribution is -2.00. The summed E-state index contributed by atoms with van der Waals surface area (Å²) in [6.07, 6.45) is 2.02. The smallest absolute Gasteiger partial charge is 0.205 e. The Morgan fingerprint density at radius 2 is 1.95 bits per heavy atom. The summed E-state index contributed by atoms with van der Waals surface area (Å²) in [5.41, 5.74) is 8.18. The number of anilines is 1. The summed E-state index contributed by atoms with van der Waals surface area (Å²) in [5, 5.41) is 0. The van der Waals surface area contributed by atoms with Crippen molar-refractivity contribution in [3.8, 4) is 5.69 Å². The van der Waals surface area contributed by atoms with Gasteiger partial charge >= 0.3 is 0 Å². The molecule has 0 saturated heterocycles. The number of nitrogens with two attached hydrogens (primary N) is 1. The van der Waals surface area contributed by atoms with Gasteiger partial charge in [-0.1, -0.05) is 0 Å². The first-order chi connectivity index (χ1) is 9.60. The van der Waals surface area contributed by atoms with Gasteiger partial charge in [0.15, 0.2) is 0 Å². The van der Waals surface area contributed by atoms with Gasteiger partial charge in [0.2, 0.25) is 5.95 Å². The van der Waals surface area contributed by atoms with Crippen molar-refractivity contribution < 1.29 is 4.39 Å². The minimum absolute atomic E-state index is 0.342. The van der Waals surface area contributed by atoms with Crippen LogP contribution < -0.4 is 5.73 Å². The van der Waals surface area contributed by atoms with E-state index in [1.165, 1.54) is 11.0 Å². The SMILES string of the molecule is CSc1ccc(-n2c(N)nc3cc(F)c(Br)cc32)cc1. The zero-order chi connectivity index (χ0) is 14.3. The number of rotatable bonds is 2. The van der Waals surface area contributed by atoms with Gasteiger partial charge in [-0.3, -0.25) is 4.57 Å². The summed E-state index contributed by atoms with van der Waals surface area (Å²) >= 11 is 4.87. The fourth-order valence-electron chi connectivity index (χ4n) is 2.09. The number of nitrogen functional groups attached to an aromatic ring is 1. The minimum Gasteiger partial charge on any atom is -0.369 e. The van der Waals surface area contributed by atoms with E-state index in [1.54, 1.807) is 17.8 Å². The molecular weight excluding hydrogens is 341 g/mol. The maximum Gasteiger partial charge on any atom is 0.205 e. The van der Waals surface area contributed by atoms with Crippen LogP contribution in [0, 0.1) is 5.82 Å². The maximum absolute atomic E-state index is 13.6. The molecule has 2 aromatic carbocycles. The van der Waals surface area contributed by atoms with Crippen molar-refractivity contribution in [2.75, 3.05) is 12.0 Å². The lowest BCUT2D eigenvalue weighted by atomic mass is 10.2. The molecule has 1 heterocycles. The largest absolute Gasteiger partial charge is 0.369 e. The van der Waals surface area contributed by atoms with Crippen molar-refractivity contribution in [1.82, 2.24) is 9.55 Å². The van der Waals surface area contributed by atoms with Gasteiger partial charge in [-0.25, -0.2) is 9.37 Å². The van der Waals surface area contributed by atoms with E-state index in [0.29, 0.717) is 15.9 Å². The molecule has 0 bridgehead atoms. The number of aromatic nitrogens is 2. The van der Waals surface area contributed by atoms with Gasteiger partial charge in [0.1, 0.15) is 5.82 Å². The van der Waals surface area contributed by atoms with Gasteiger partial charge in [0.05, 0.1) is 15.5 Å². The van der Waals surface area contributed by atoms with Crippen LogP contribution in [-0.2, 0) is 0 Å². The summed E-state index contributed by atoms with van der Waals surface area (Å²) < 4.78 is 15.8. The van der Waals surface area contributed by atoms with E-state index in [0.717, 1.165) is 11.2 Å². The van der Waals surface area contributed by atoms with Crippen LogP contribution in [0.15, 0.2) is 45.8 Å². The molecule has 20 heavy (non-hydrogen) atoms. The molecule has 0 aliphatic rings. The molecule has 0 atom stereocenters. The number of hydrogen-bond acceptors (Lipinski definition) is 3. The Kier molecular flexibility index (Phi) is 3.43. The predicted molar refractivity (Wildman–Crippen MR) is 84.9 cm³/mol. The van der Waals surface area contributed by atoms with Crippen LogP contribution in [0.5, 0.6) is 0 Å². The van der Waals surface area contributed by atoms with Crippen molar-refractivity contribution in [2.45, 2.75) is 4.90 Å². The Bertz CT molecular complexity index is 783. The summed E-state index contributed by atoms with van der Waals surface area (Å²) in [7, 11) is 0. The summed E-state index contributed by atoms with van der Waals surface area (Å²) in [6, 6.07) is 11.0. The first-order valence-electron chi connectivity index (χ1n) is 5.87. The van der Waals surface area contributed by atoms with Crippen LogP contribution in [0.3, 0.4) is 0 Å². The zero-order valence-corrected chi connectivity index (χ0v) is 13.0. The highest BCUT2D eigenvalue weighted by atomic mass is 79.9. The van der Waals surface area contributed by atoms with E-state index in [9.17, 15) is 4.39 Å². The Morgan fingerprint density at radius 1 is 1.25 bits per heavy atom. The molecular formula is C14H11BrFN3S. The fourth-order valence-corrected chi connectivity index (χ4v) is 2.83. The number of halogens is 2. The van der Waals surface area contributed by atoms with Gasteiger partial charge in [-0.15, -0.1) is 11.8 Å². The molecule has 2 N–H and O–H groups in total. The van der Waals surface area contributed by atoms with Crippen molar-refractivity contribution in [1.29, 1.82) is 0 Å². The lowest BCUT2D eigenvalue weighted by Gasteiger charge is -2.07. The molecule has 0 unspecified atom stereocenters. The predicted octanol–water partition coefficient (Wildman–Crippen LogP) is 4.23. The van der Waals surface area contributed by atoms with E-state index >= 15 is 0 Å². The molecule has 102 valence electrons. The molecule has 0 spiro atoms. The molecule has 3 nitrogen and oxygen atoms in total. The Hall–Kier alpha value is -1.53. The number of benzene rings is 2. The molecule has 6 heteroatoms. The average Bonchev–Trinajstić information content (AvgIpc) is 2.75. The Labute approximate surface area is 128 Å². The highest BCUT2D eigenvalue weighted by Gasteiger charge is 2.12. The van der Waals surface area contributed by atoms with Crippen LogP contribution in [0.1, 0.15) is 0 Å². The standard InChI is InChI=1S/C14H11BrFN3S/c1-20-9-4-2-8(3-5-9)19-13-6-10(15)11(16)7-12(13)18-14(19)17/h2-7H,1H3,(H2,17,18). The minimum atomic E-state index is -0.347. The van der Waals surface area contributed by atoms with Crippen molar-refractivity contribution in [3.63, 3.8) is 0 Å². The van der Waals surface area contributed by atoms with Crippen LogP contribution >= 0.6 is 27.7 Å². The number of thioether (sulfide) groups is 1. The van der Waals surface area contributed by atoms with Crippen molar-refractivity contribution in [3.05, 3.63) is 46.7 Å². The third-order valence-electron chi connectivity index (χ3n) is 3.05. The maximum atomic E-state index is 13.6. The molecule has 1 aromatic heterocycles. The first-order valence-corrected chi connectivity index (χ1v) is 7.89. The number of nitrogens with zero attached hydrogens (tertiary/aromatic N) is 2. The molecule has 0 saturated carbocycles. The zero-order valence-electron chi connectivity index (χ0n) is 10.6. The summed E-state index contributed by atoms with van der Waals surface area (Å²) in [6.45, 7) is 0. The van der Waals surface area contributed by atoms with E-state index in [2.05, 4.69) is 20.9 Å². The van der Waals surface area contributed by atoms with Gasteiger partial charge in [0, 0.05) is 16.6 Å². The van der Waals surface area contributed by atoms with Crippen molar-refractivity contribution >= 4 is 44.7 Å². The molecule has 3 aromatic rings. The fraction of sp³-hybridized carbons (Fsp3) is 0.0714. The van der Waals surface area contributed by atoms with E-state index in [-0.39, 0.29) is 5.82 Å². The third-order valence-corrected chi connectivity index (χ3v) is 4.40. The van der Waals surface area contributed by atoms with E-state index < -0.39 is 0 Å². The Balaban J connectivity index is 2.23. The molecule has 0 fully saturated rings. The first kappa shape index (κ1) is 13.5. The number of fused-ring (bicyclic) bond motifs is 1. The second-order valence-electron chi connectivity index (χ2n) is 4.26. The van der Waals surface area contributed by atoms with Crippen LogP contribution in [0.4, 0.5) is 10.3 Å². The van der Waals surface area contributed by atoms with Gasteiger partial charge in [0.25, 0.3) is 0 Å². The topological polar surface area (TPSA) is 43.8 Å². The highest BCUT2D eigenvalue weighted by Crippen LogP contribution is 2.28. The molecule has 3 rings (SSSR count). The highest BCUT2D eigenvalue weighted by molar-refractivity contribution is 9.10. The molecule has 0 amide bonds. The van der Waals surface area contributed by atoms with Gasteiger partial charge in [-0.2, -0.15) is 0 Å².